The minimum Gasteiger partial charge on any atom is -0.465 e. The van der Waals surface area contributed by atoms with Crippen LogP contribution in [-0.2, 0) is 4.79 Å². The van der Waals surface area contributed by atoms with Crippen molar-refractivity contribution in [3.05, 3.63) is 35.4 Å². The molecule has 1 fully saturated rings. The zero-order chi connectivity index (χ0) is 17.6. The van der Waals surface area contributed by atoms with Crippen LogP contribution in [0.2, 0.25) is 5.02 Å². The molecule has 3 aromatic rings. The lowest BCUT2D eigenvalue weighted by Gasteiger charge is -2.19. The van der Waals surface area contributed by atoms with Gasteiger partial charge in [0, 0.05) is 17.0 Å². The maximum atomic E-state index is 12.4. The van der Waals surface area contributed by atoms with E-state index in [9.17, 15) is 14.7 Å². The molecule has 128 valence electrons. The fourth-order valence-electron chi connectivity index (χ4n) is 3.20. The second-order valence-corrected chi connectivity index (χ2v) is 7.36. The highest BCUT2D eigenvalue weighted by molar-refractivity contribution is 7.23. The number of carbonyl (C=O) groups is 2. The molecule has 2 amide bonds. The first-order chi connectivity index (χ1) is 12.0. The lowest BCUT2D eigenvalue weighted by atomic mass is 10.1. The van der Waals surface area contributed by atoms with Gasteiger partial charge in [0.15, 0.2) is 5.13 Å². The van der Waals surface area contributed by atoms with E-state index < -0.39 is 12.1 Å². The summed E-state index contributed by atoms with van der Waals surface area (Å²) in [7, 11) is 0. The molecule has 1 aliphatic rings. The predicted octanol–water partition coefficient (Wildman–Crippen LogP) is 4.18. The second-order valence-electron chi connectivity index (χ2n) is 5.92. The number of rotatable bonds is 2. The van der Waals surface area contributed by atoms with Crippen molar-refractivity contribution in [1.29, 1.82) is 0 Å². The van der Waals surface area contributed by atoms with E-state index in [0.717, 1.165) is 21.0 Å². The van der Waals surface area contributed by atoms with Gasteiger partial charge in [-0.3, -0.25) is 9.69 Å². The van der Waals surface area contributed by atoms with Crippen LogP contribution in [-0.4, -0.2) is 39.6 Å². The van der Waals surface area contributed by atoms with E-state index in [1.165, 1.54) is 16.2 Å². The Labute approximate surface area is 152 Å². The molecule has 1 atom stereocenters. The molecule has 0 bridgehead atoms. The van der Waals surface area contributed by atoms with Crippen molar-refractivity contribution in [2.45, 2.75) is 18.9 Å². The van der Waals surface area contributed by atoms with E-state index in [1.54, 1.807) is 0 Å². The highest BCUT2D eigenvalue weighted by atomic mass is 35.5. The van der Waals surface area contributed by atoms with E-state index in [-0.39, 0.29) is 5.91 Å². The van der Waals surface area contributed by atoms with Crippen molar-refractivity contribution in [1.82, 2.24) is 9.88 Å². The van der Waals surface area contributed by atoms with E-state index in [4.69, 9.17) is 11.6 Å². The number of carboxylic acid groups (broad SMARTS) is 1. The maximum Gasteiger partial charge on any atom is 0.407 e. The number of amides is 2. The van der Waals surface area contributed by atoms with E-state index >= 15 is 0 Å². The molecule has 0 spiro atoms. The van der Waals surface area contributed by atoms with Gasteiger partial charge in [0.1, 0.15) is 6.04 Å². The van der Waals surface area contributed by atoms with Crippen LogP contribution in [0.5, 0.6) is 0 Å². The van der Waals surface area contributed by atoms with Gasteiger partial charge in [0.2, 0.25) is 5.91 Å². The summed E-state index contributed by atoms with van der Waals surface area (Å²) in [6.07, 6.45) is 0.157. The van der Waals surface area contributed by atoms with Crippen LogP contribution >= 0.6 is 22.9 Å². The Morgan fingerprint density at radius 1 is 1.32 bits per heavy atom. The molecule has 0 saturated carbocycles. The summed E-state index contributed by atoms with van der Waals surface area (Å²) in [5.74, 6) is -0.327. The Hall–Kier alpha value is -2.38. The summed E-state index contributed by atoms with van der Waals surface area (Å²) in [5, 5.41) is 15.1. The van der Waals surface area contributed by atoms with Gasteiger partial charge in [-0.25, -0.2) is 9.78 Å². The lowest BCUT2D eigenvalue weighted by Crippen LogP contribution is -2.42. The van der Waals surface area contributed by atoms with Crippen LogP contribution < -0.4 is 5.32 Å². The average molecular weight is 376 g/mol. The molecule has 6 nitrogen and oxygen atoms in total. The second kappa shape index (κ2) is 6.16. The molecule has 2 N–H and O–H groups in total. The monoisotopic (exact) mass is 375 g/mol. The average Bonchev–Trinajstić information content (AvgIpc) is 3.20. The summed E-state index contributed by atoms with van der Waals surface area (Å²) >= 11 is 7.41. The molecule has 1 aromatic heterocycles. The van der Waals surface area contributed by atoms with Crippen molar-refractivity contribution >= 4 is 61.1 Å². The topological polar surface area (TPSA) is 82.5 Å². The smallest absolute Gasteiger partial charge is 0.407 e. The normalized spacial score (nSPS) is 17.3. The third kappa shape index (κ3) is 2.89. The Kier molecular flexibility index (Phi) is 3.97. The minimum atomic E-state index is -1.06. The molecule has 4 rings (SSSR count). The van der Waals surface area contributed by atoms with Crippen LogP contribution in [0.3, 0.4) is 0 Å². The number of carbonyl (C=O) groups excluding carboxylic acids is 1. The third-order valence-electron chi connectivity index (χ3n) is 4.36. The molecule has 8 heteroatoms. The molecule has 1 aliphatic heterocycles. The van der Waals surface area contributed by atoms with Gasteiger partial charge in [-0.05, 0) is 36.4 Å². The molecule has 0 unspecified atom stereocenters. The highest BCUT2D eigenvalue weighted by Crippen LogP contribution is 2.34. The van der Waals surface area contributed by atoms with Gasteiger partial charge in [-0.15, -0.1) is 0 Å². The molecular formula is C17H14ClN3O3S. The van der Waals surface area contributed by atoms with Crippen LogP contribution in [0.1, 0.15) is 12.8 Å². The number of anilines is 1. The minimum absolute atomic E-state index is 0.327. The van der Waals surface area contributed by atoms with Gasteiger partial charge in [-0.2, -0.15) is 0 Å². The summed E-state index contributed by atoms with van der Waals surface area (Å²) in [6, 6.07) is 8.83. The number of benzene rings is 2. The number of nitrogens with one attached hydrogen (secondary N) is 1. The number of fused-ring (bicyclic) bond motifs is 3. The first-order valence-corrected chi connectivity index (χ1v) is 9.01. The predicted molar refractivity (Wildman–Crippen MR) is 98.5 cm³/mol. The molecule has 0 radical (unpaired) electrons. The summed E-state index contributed by atoms with van der Waals surface area (Å²) < 4.78 is 0.964. The largest absolute Gasteiger partial charge is 0.465 e. The summed E-state index contributed by atoms with van der Waals surface area (Å²) in [4.78, 5) is 29.3. The zero-order valence-corrected chi connectivity index (χ0v) is 14.6. The SMILES string of the molecule is O=C(Nc1nc2ccc3cc(Cl)ccc3c2s1)[C@H]1CCCN1C(=O)O. The molecular weight excluding hydrogens is 362 g/mol. The number of likely N-dealkylation sites (tertiary alicyclic amines) is 1. The molecule has 0 aliphatic carbocycles. The molecule has 1 saturated heterocycles. The third-order valence-corrected chi connectivity index (χ3v) is 5.62. The Morgan fingerprint density at radius 2 is 2.16 bits per heavy atom. The van der Waals surface area contributed by atoms with Crippen LogP contribution in [0.15, 0.2) is 30.3 Å². The molecule has 2 aromatic carbocycles. The van der Waals surface area contributed by atoms with Crippen LogP contribution in [0.25, 0.3) is 21.0 Å². The van der Waals surface area contributed by atoms with Crippen LogP contribution in [0, 0.1) is 0 Å². The lowest BCUT2D eigenvalue weighted by molar-refractivity contribution is -0.119. The molecule has 25 heavy (non-hydrogen) atoms. The Bertz CT molecular complexity index is 1000. The fraction of sp³-hybridized carbons (Fsp3) is 0.235. The number of aromatic nitrogens is 1. The van der Waals surface area contributed by atoms with Crippen molar-refractivity contribution < 1.29 is 14.7 Å². The van der Waals surface area contributed by atoms with Crippen LogP contribution in [0.4, 0.5) is 9.93 Å². The first-order valence-electron chi connectivity index (χ1n) is 7.82. The number of thiazole rings is 1. The highest BCUT2D eigenvalue weighted by Gasteiger charge is 2.34. The van der Waals surface area contributed by atoms with Gasteiger partial charge in [0.25, 0.3) is 0 Å². The van der Waals surface area contributed by atoms with Gasteiger partial charge >= 0.3 is 6.09 Å². The standard InChI is InChI=1S/C17H14ClN3O3S/c18-10-4-5-11-9(8-10)3-6-12-14(11)25-16(19-12)20-15(22)13-2-1-7-21(13)17(23)24/h3-6,8,13H,1-2,7H2,(H,23,24)(H,19,20,22)/t13-/m1/s1. The van der Waals surface area contributed by atoms with Crippen molar-refractivity contribution in [2.75, 3.05) is 11.9 Å². The Balaban J connectivity index is 1.65. The fourth-order valence-corrected chi connectivity index (χ4v) is 4.38. The summed E-state index contributed by atoms with van der Waals surface area (Å²) in [5.41, 5.74) is 0.789. The summed E-state index contributed by atoms with van der Waals surface area (Å²) in [6.45, 7) is 0.388. The number of halogens is 1. The number of hydrogen-bond donors (Lipinski definition) is 2. The zero-order valence-electron chi connectivity index (χ0n) is 13.0. The number of nitrogens with zero attached hydrogens (tertiary/aromatic N) is 2. The van der Waals surface area contributed by atoms with Crippen molar-refractivity contribution in [2.24, 2.45) is 0 Å². The van der Waals surface area contributed by atoms with Crippen molar-refractivity contribution in [3.8, 4) is 0 Å². The number of hydrogen-bond acceptors (Lipinski definition) is 4. The van der Waals surface area contributed by atoms with Gasteiger partial charge in [-0.1, -0.05) is 35.1 Å². The van der Waals surface area contributed by atoms with E-state index in [1.807, 2.05) is 30.3 Å². The molecule has 2 heterocycles. The first kappa shape index (κ1) is 16.1. The van der Waals surface area contributed by atoms with Gasteiger partial charge < -0.3 is 10.4 Å². The quantitative estimate of drug-likeness (QED) is 0.703. The van der Waals surface area contributed by atoms with Crippen molar-refractivity contribution in [3.63, 3.8) is 0 Å². The van der Waals surface area contributed by atoms with E-state index in [2.05, 4.69) is 10.3 Å². The van der Waals surface area contributed by atoms with E-state index in [0.29, 0.717) is 29.5 Å². The Morgan fingerprint density at radius 3 is 2.96 bits per heavy atom. The maximum absolute atomic E-state index is 12.4. The van der Waals surface area contributed by atoms with Gasteiger partial charge in [0.05, 0.1) is 10.2 Å².